The molecule has 0 aliphatic carbocycles. The fraction of sp³-hybridized carbons (Fsp3) is 0.438. The molecule has 1 amide bonds. The van der Waals surface area contributed by atoms with E-state index in [0.717, 1.165) is 24.3 Å². The maximum absolute atomic E-state index is 12.5. The van der Waals surface area contributed by atoms with E-state index in [2.05, 4.69) is 5.32 Å². The molecule has 3 N–H and O–H groups in total. The molecule has 6 nitrogen and oxygen atoms in total. The molecule has 0 saturated heterocycles. The van der Waals surface area contributed by atoms with Crippen molar-refractivity contribution in [3.05, 3.63) is 35.4 Å². The number of halogens is 3. The van der Waals surface area contributed by atoms with Crippen LogP contribution in [0.15, 0.2) is 24.3 Å². The third-order valence-corrected chi connectivity index (χ3v) is 3.45. The Labute approximate surface area is 141 Å². The predicted molar refractivity (Wildman–Crippen MR) is 80.1 cm³/mol. The average Bonchev–Trinajstić information content (AvgIpc) is 2.55. The Morgan fingerprint density at radius 3 is 2.28 bits per heavy atom. The molecule has 0 fully saturated rings. The van der Waals surface area contributed by atoms with Gasteiger partial charge in [0, 0.05) is 6.42 Å². The van der Waals surface area contributed by atoms with Crippen molar-refractivity contribution in [2.75, 3.05) is 0 Å². The molecule has 2 atom stereocenters. The van der Waals surface area contributed by atoms with Crippen LogP contribution in [0.25, 0.3) is 0 Å². The van der Waals surface area contributed by atoms with Crippen LogP contribution in [0.1, 0.15) is 42.9 Å². The molecule has 0 heterocycles. The quantitative estimate of drug-likeness (QED) is 0.618. The molecule has 136 valence electrons. The van der Waals surface area contributed by atoms with Crippen molar-refractivity contribution in [3.8, 4) is 6.07 Å². The van der Waals surface area contributed by atoms with Gasteiger partial charge in [0.15, 0.2) is 6.10 Å². The van der Waals surface area contributed by atoms with E-state index in [0.29, 0.717) is 12.8 Å². The molecule has 0 aliphatic rings. The second kappa shape index (κ2) is 9.03. The highest BCUT2D eigenvalue weighted by Crippen LogP contribution is 2.30. The van der Waals surface area contributed by atoms with Crippen LogP contribution in [-0.4, -0.2) is 28.1 Å². The van der Waals surface area contributed by atoms with E-state index < -0.39 is 35.8 Å². The number of amides is 1. The van der Waals surface area contributed by atoms with Crippen molar-refractivity contribution in [1.29, 1.82) is 5.26 Å². The smallest absolute Gasteiger partial charge is 0.416 e. The van der Waals surface area contributed by atoms with E-state index in [1.165, 1.54) is 0 Å². The molecule has 0 radical (unpaired) electrons. The van der Waals surface area contributed by atoms with Gasteiger partial charge in [0.2, 0.25) is 0 Å². The Kier molecular flexibility index (Phi) is 7.39. The zero-order valence-electron chi connectivity index (χ0n) is 13.1. The van der Waals surface area contributed by atoms with Crippen LogP contribution in [-0.2, 0) is 15.8 Å². The lowest BCUT2D eigenvalue weighted by molar-refractivity contribution is -0.143. The minimum Gasteiger partial charge on any atom is -0.480 e. The summed E-state index contributed by atoms with van der Waals surface area (Å²) in [6.45, 7) is 0. The van der Waals surface area contributed by atoms with E-state index in [1.807, 2.05) is 6.07 Å². The number of nitrogens with zero attached hydrogens (tertiary/aromatic N) is 1. The van der Waals surface area contributed by atoms with Gasteiger partial charge in [-0.25, -0.2) is 4.79 Å². The number of carboxylic acid groups (broad SMARTS) is 1. The summed E-state index contributed by atoms with van der Waals surface area (Å²) in [5, 5.41) is 29.5. The van der Waals surface area contributed by atoms with Crippen molar-refractivity contribution in [2.24, 2.45) is 0 Å². The summed E-state index contributed by atoms with van der Waals surface area (Å²) in [6, 6.07) is 4.01. The largest absolute Gasteiger partial charge is 0.480 e. The van der Waals surface area contributed by atoms with E-state index in [9.17, 15) is 27.9 Å². The normalized spacial score (nSPS) is 13.6. The van der Waals surface area contributed by atoms with Crippen LogP contribution in [0.4, 0.5) is 13.2 Å². The number of hydrogen-bond donors (Lipinski definition) is 3. The fourth-order valence-electron chi connectivity index (χ4n) is 2.07. The third-order valence-electron chi connectivity index (χ3n) is 3.45. The molecule has 25 heavy (non-hydrogen) atoms. The lowest BCUT2D eigenvalue weighted by Gasteiger charge is -2.17. The molecule has 0 aromatic heterocycles. The molecule has 0 spiro atoms. The van der Waals surface area contributed by atoms with Crippen molar-refractivity contribution in [2.45, 2.75) is 44.0 Å². The lowest BCUT2D eigenvalue weighted by atomic mass is 10.0. The first-order chi connectivity index (χ1) is 11.7. The van der Waals surface area contributed by atoms with Gasteiger partial charge in [-0.15, -0.1) is 0 Å². The molecule has 1 aromatic rings. The number of nitrogens with one attached hydrogen (secondary N) is 1. The summed E-state index contributed by atoms with van der Waals surface area (Å²) in [5.74, 6) is -2.32. The summed E-state index contributed by atoms with van der Waals surface area (Å²) in [7, 11) is 0. The standard InChI is InChI=1S/C16H17F3N2O4/c17-16(18,19)11-7-5-10(6-8-11)13(22)14(23)21-12(15(24)25)4-2-1-3-9-20/h5-8,12-13,22H,1-4H2,(H,21,23)(H,24,25)/t12-,13+/m0/s1. The minimum atomic E-state index is -4.54. The zero-order chi connectivity index (χ0) is 19.0. The van der Waals surface area contributed by atoms with E-state index >= 15 is 0 Å². The Morgan fingerprint density at radius 1 is 1.20 bits per heavy atom. The molecule has 0 bridgehead atoms. The van der Waals surface area contributed by atoms with Crippen LogP contribution in [0, 0.1) is 11.3 Å². The number of alkyl halides is 3. The van der Waals surface area contributed by atoms with Gasteiger partial charge < -0.3 is 15.5 Å². The molecule has 0 unspecified atom stereocenters. The van der Waals surface area contributed by atoms with E-state index in [4.69, 9.17) is 10.4 Å². The fourth-order valence-corrected chi connectivity index (χ4v) is 2.07. The second-order valence-corrected chi connectivity index (χ2v) is 5.33. The van der Waals surface area contributed by atoms with Gasteiger partial charge in [0.1, 0.15) is 6.04 Å². The number of benzene rings is 1. The molecule has 1 rings (SSSR count). The topological polar surface area (TPSA) is 110 Å². The summed E-state index contributed by atoms with van der Waals surface area (Å²) >= 11 is 0. The van der Waals surface area contributed by atoms with Crippen LogP contribution in [0.5, 0.6) is 0 Å². The number of carbonyl (C=O) groups excluding carboxylic acids is 1. The number of carboxylic acids is 1. The molecule has 9 heteroatoms. The van der Waals surface area contributed by atoms with Crippen LogP contribution >= 0.6 is 0 Å². The van der Waals surface area contributed by atoms with Crippen LogP contribution < -0.4 is 5.32 Å². The Bertz CT molecular complexity index is 638. The van der Waals surface area contributed by atoms with Gasteiger partial charge >= 0.3 is 12.1 Å². The van der Waals surface area contributed by atoms with Crippen LogP contribution in [0.2, 0.25) is 0 Å². The first-order valence-corrected chi connectivity index (χ1v) is 7.42. The Morgan fingerprint density at radius 2 is 1.80 bits per heavy atom. The number of hydrogen-bond acceptors (Lipinski definition) is 4. The SMILES string of the molecule is N#CCCCC[C@H](NC(=O)[C@H](O)c1ccc(C(F)(F)F)cc1)C(=O)O. The first kappa shape index (κ1) is 20.4. The van der Waals surface area contributed by atoms with E-state index in [1.54, 1.807) is 0 Å². The highest BCUT2D eigenvalue weighted by molar-refractivity contribution is 5.86. The molecular weight excluding hydrogens is 341 g/mol. The molecular formula is C16H17F3N2O4. The van der Waals surface area contributed by atoms with Gasteiger partial charge in [0.25, 0.3) is 5.91 Å². The maximum atomic E-state index is 12.5. The van der Waals surface area contributed by atoms with Gasteiger partial charge in [-0.2, -0.15) is 18.4 Å². The number of carbonyl (C=O) groups is 2. The predicted octanol–water partition coefficient (Wildman–Crippen LogP) is 2.39. The lowest BCUT2D eigenvalue weighted by Crippen LogP contribution is -2.43. The number of aliphatic hydroxyl groups is 1. The number of rotatable bonds is 8. The maximum Gasteiger partial charge on any atom is 0.416 e. The average molecular weight is 358 g/mol. The van der Waals surface area contributed by atoms with Crippen LogP contribution in [0.3, 0.4) is 0 Å². The summed E-state index contributed by atoms with van der Waals surface area (Å²) in [6.07, 6.45) is -5.14. The number of aliphatic carboxylic acids is 1. The monoisotopic (exact) mass is 358 g/mol. The second-order valence-electron chi connectivity index (χ2n) is 5.33. The van der Waals surface area contributed by atoms with Crippen molar-refractivity contribution < 1.29 is 33.0 Å². The first-order valence-electron chi connectivity index (χ1n) is 7.42. The zero-order valence-corrected chi connectivity index (χ0v) is 13.1. The molecule has 0 aliphatic heterocycles. The summed E-state index contributed by atoms with van der Waals surface area (Å²) in [5.41, 5.74) is -1.01. The van der Waals surface area contributed by atoms with Crippen molar-refractivity contribution in [3.63, 3.8) is 0 Å². The highest BCUT2D eigenvalue weighted by Gasteiger charge is 2.31. The van der Waals surface area contributed by atoms with Crippen molar-refractivity contribution in [1.82, 2.24) is 5.32 Å². The van der Waals surface area contributed by atoms with E-state index in [-0.39, 0.29) is 18.4 Å². The number of nitriles is 1. The Balaban J connectivity index is 2.70. The number of aliphatic hydroxyl groups excluding tert-OH is 1. The summed E-state index contributed by atoms with van der Waals surface area (Å²) in [4.78, 5) is 23.1. The third kappa shape index (κ3) is 6.43. The molecule has 1 aromatic carbocycles. The van der Waals surface area contributed by atoms with Gasteiger partial charge in [-0.1, -0.05) is 12.1 Å². The van der Waals surface area contributed by atoms with Crippen molar-refractivity contribution >= 4 is 11.9 Å². The molecule has 0 saturated carbocycles. The van der Waals surface area contributed by atoms with Gasteiger partial charge in [0.05, 0.1) is 11.6 Å². The summed E-state index contributed by atoms with van der Waals surface area (Å²) < 4.78 is 37.5. The van der Waals surface area contributed by atoms with Gasteiger partial charge in [-0.05, 0) is 37.0 Å². The number of unbranched alkanes of at least 4 members (excludes halogenated alkanes) is 2. The highest BCUT2D eigenvalue weighted by atomic mass is 19.4. The minimum absolute atomic E-state index is 0.0719. The van der Waals surface area contributed by atoms with Gasteiger partial charge in [-0.3, -0.25) is 4.79 Å². The Hall–Kier alpha value is -2.60.